The predicted molar refractivity (Wildman–Crippen MR) is 73.4 cm³/mol. The zero-order valence-corrected chi connectivity index (χ0v) is 10.9. The molecule has 17 heavy (non-hydrogen) atoms. The van der Waals surface area contributed by atoms with Crippen LogP contribution in [0.3, 0.4) is 0 Å². The molecule has 0 spiro atoms. The summed E-state index contributed by atoms with van der Waals surface area (Å²) in [6, 6.07) is 11.0. The van der Waals surface area contributed by atoms with Crippen LogP contribution in [-0.2, 0) is 4.74 Å². The third kappa shape index (κ3) is 4.75. The molecule has 96 valence electrons. The molecule has 3 heteroatoms. The van der Waals surface area contributed by atoms with Crippen molar-refractivity contribution in [3.63, 3.8) is 0 Å². The molecule has 0 saturated carbocycles. The molecule has 0 radical (unpaired) electrons. The van der Waals surface area contributed by atoms with Gasteiger partial charge in [0.1, 0.15) is 0 Å². The summed E-state index contributed by atoms with van der Waals surface area (Å²) in [4.78, 5) is 2.41. The van der Waals surface area contributed by atoms with Crippen molar-refractivity contribution in [2.45, 2.75) is 25.8 Å². The Morgan fingerprint density at radius 1 is 1.29 bits per heavy atom. The van der Waals surface area contributed by atoms with E-state index in [1.165, 1.54) is 5.69 Å². The molecule has 0 aromatic heterocycles. The van der Waals surface area contributed by atoms with Crippen molar-refractivity contribution in [1.82, 2.24) is 0 Å². The van der Waals surface area contributed by atoms with Gasteiger partial charge in [0.15, 0.2) is 0 Å². The summed E-state index contributed by atoms with van der Waals surface area (Å²) in [7, 11) is 1.75. The minimum atomic E-state index is 0.476. The first-order valence-electron chi connectivity index (χ1n) is 6.30. The van der Waals surface area contributed by atoms with E-state index in [4.69, 9.17) is 10.5 Å². The van der Waals surface area contributed by atoms with E-state index >= 15 is 0 Å². The molecule has 2 N–H and O–H groups in total. The average molecular weight is 236 g/mol. The van der Waals surface area contributed by atoms with Crippen molar-refractivity contribution in [1.29, 1.82) is 0 Å². The van der Waals surface area contributed by atoms with Gasteiger partial charge >= 0.3 is 0 Å². The average Bonchev–Trinajstić information content (AvgIpc) is 2.38. The first-order valence-corrected chi connectivity index (χ1v) is 6.30. The molecule has 1 unspecified atom stereocenters. The van der Waals surface area contributed by atoms with Crippen LogP contribution in [0.5, 0.6) is 0 Å². The van der Waals surface area contributed by atoms with Crippen molar-refractivity contribution in [2.24, 2.45) is 5.73 Å². The van der Waals surface area contributed by atoms with Crippen molar-refractivity contribution in [2.75, 3.05) is 31.7 Å². The van der Waals surface area contributed by atoms with E-state index in [1.54, 1.807) is 7.11 Å². The van der Waals surface area contributed by atoms with Crippen LogP contribution in [-0.4, -0.2) is 32.8 Å². The van der Waals surface area contributed by atoms with Crippen molar-refractivity contribution >= 4 is 5.69 Å². The third-order valence-corrected chi connectivity index (χ3v) is 2.96. The maximum atomic E-state index is 5.60. The number of ether oxygens (including phenoxy) is 1. The van der Waals surface area contributed by atoms with Gasteiger partial charge in [0.05, 0.1) is 0 Å². The van der Waals surface area contributed by atoms with E-state index < -0.39 is 0 Å². The second-order valence-corrected chi connectivity index (χ2v) is 4.30. The lowest BCUT2D eigenvalue weighted by Gasteiger charge is -2.31. The van der Waals surface area contributed by atoms with Crippen LogP contribution < -0.4 is 10.6 Å². The molecule has 0 fully saturated rings. The zero-order valence-electron chi connectivity index (χ0n) is 10.9. The minimum Gasteiger partial charge on any atom is -0.385 e. The Morgan fingerprint density at radius 3 is 2.59 bits per heavy atom. The van der Waals surface area contributed by atoms with Crippen molar-refractivity contribution in [3.8, 4) is 0 Å². The summed E-state index contributed by atoms with van der Waals surface area (Å²) in [6.07, 6.45) is 2.06. The number of nitrogens with zero attached hydrogens (tertiary/aromatic N) is 1. The lowest BCUT2D eigenvalue weighted by atomic mass is 10.1. The lowest BCUT2D eigenvalue weighted by molar-refractivity contribution is 0.188. The van der Waals surface area contributed by atoms with Gasteiger partial charge < -0.3 is 15.4 Å². The van der Waals surface area contributed by atoms with Gasteiger partial charge in [-0.3, -0.25) is 0 Å². The van der Waals surface area contributed by atoms with Crippen molar-refractivity contribution in [3.05, 3.63) is 30.3 Å². The van der Waals surface area contributed by atoms with Crippen LogP contribution in [0.2, 0.25) is 0 Å². The number of hydrogen-bond acceptors (Lipinski definition) is 3. The Kier molecular flexibility index (Phi) is 6.67. The molecule has 1 rings (SSSR count). The Labute approximate surface area is 105 Å². The molecule has 0 aliphatic carbocycles. The molecule has 1 aromatic rings. The van der Waals surface area contributed by atoms with Gasteiger partial charge in [-0.25, -0.2) is 0 Å². The maximum Gasteiger partial charge on any atom is 0.0481 e. The summed E-state index contributed by atoms with van der Waals surface area (Å²) in [5, 5.41) is 0. The monoisotopic (exact) mass is 236 g/mol. The Balaban J connectivity index is 2.66. The number of para-hydroxylation sites is 1. The summed E-state index contributed by atoms with van der Waals surface area (Å²) >= 11 is 0. The zero-order chi connectivity index (χ0) is 12.5. The quantitative estimate of drug-likeness (QED) is 0.752. The molecular formula is C14H24N2O. The highest BCUT2D eigenvalue weighted by molar-refractivity contribution is 5.46. The van der Waals surface area contributed by atoms with E-state index in [0.717, 1.165) is 32.5 Å². The summed E-state index contributed by atoms with van der Waals surface area (Å²) < 4.78 is 5.15. The fourth-order valence-electron chi connectivity index (χ4n) is 1.93. The Bertz CT molecular complexity index is 290. The highest BCUT2D eigenvalue weighted by atomic mass is 16.5. The first kappa shape index (κ1) is 14.0. The molecule has 0 bridgehead atoms. The highest BCUT2D eigenvalue weighted by Gasteiger charge is 2.13. The molecule has 1 aromatic carbocycles. The molecule has 0 amide bonds. The third-order valence-electron chi connectivity index (χ3n) is 2.96. The first-order chi connectivity index (χ1) is 8.29. The second-order valence-electron chi connectivity index (χ2n) is 4.30. The molecule has 3 nitrogen and oxygen atoms in total. The van der Waals surface area contributed by atoms with Crippen LogP contribution in [0.4, 0.5) is 5.69 Å². The standard InChI is InChI=1S/C14H24N2O/c1-13(9-12-17-2)16(11-6-10-15)14-7-4-3-5-8-14/h3-5,7-8,13H,6,9-12,15H2,1-2H3. The largest absolute Gasteiger partial charge is 0.385 e. The number of nitrogens with two attached hydrogens (primary N) is 1. The number of anilines is 1. The maximum absolute atomic E-state index is 5.60. The minimum absolute atomic E-state index is 0.476. The topological polar surface area (TPSA) is 38.5 Å². The SMILES string of the molecule is COCCC(C)N(CCCN)c1ccccc1. The number of methoxy groups -OCH3 is 1. The van der Waals surface area contributed by atoms with Crippen LogP contribution in [0, 0.1) is 0 Å². The molecule has 1 atom stereocenters. The smallest absolute Gasteiger partial charge is 0.0481 e. The van der Waals surface area contributed by atoms with Crippen LogP contribution in [0.15, 0.2) is 30.3 Å². The van der Waals surface area contributed by atoms with E-state index in [-0.39, 0.29) is 0 Å². The van der Waals surface area contributed by atoms with Crippen LogP contribution in [0.1, 0.15) is 19.8 Å². The summed E-state index contributed by atoms with van der Waals surface area (Å²) in [6.45, 7) is 4.78. The van der Waals surface area contributed by atoms with Gasteiger partial charge in [0.2, 0.25) is 0 Å². The van der Waals surface area contributed by atoms with Gasteiger partial charge in [0, 0.05) is 32.0 Å². The van der Waals surface area contributed by atoms with Crippen LogP contribution >= 0.6 is 0 Å². The predicted octanol–water partition coefficient (Wildman–Crippen LogP) is 2.27. The highest BCUT2D eigenvalue weighted by Crippen LogP contribution is 2.18. The van der Waals surface area contributed by atoms with Gasteiger partial charge in [-0.05, 0) is 38.4 Å². The lowest BCUT2D eigenvalue weighted by Crippen LogP contribution is -2.35. The molecule has 0 saturated heterocycles. The van der Waals surface area contributed by atoms with Gasteiger partial charge in [-0.1, -0.05) is 18.2 Å². The summed E-state index contributed by atoms with van der Waals surface area (Å²) in [5.41, 5.74) is 6.87. The fourth-order valence-corrected chi connectivity index (χ4v) is 1.93. The van der Waals surface area contributed by atoms with E-state index in [1.807, 2.05) is 6.07 Å². The fraction of sp³-hybridized carbons (Fsp3) is 0.571. The van der Waals surface area contributed by atoms with Gasteiger partial charge in [-0.2, -0.15) is 0 Å². The number of rotatable bonds is 8. The Hall–Kier alpha value is -1.06. The van der Waals surface area contributed by atoms with E-state index in [9.17, 15) is 0 Å². The van der Waals surface area contributed by atoms with E-state index in [0.29, 0.717) is 6.04 Å². The van der Waals surface area contributed by atoms with Crippen LogP contribution in [0.25, 0.3) is 0 Å². The normalized spacial score (nSPS) is 12.4. The van der Waals surface area contributed by atoms with Crippen molar-refractivity contribution < 1.29 is 4.74 Å². The van der Waals surface area contributed by atoms with Gasteiger partial charge in [0.25, 0.3) is 0 Å². The molecule has 0 aliphatic heterocycles. The Morgan fingerprint density at radius 2 is 2.00 bits per heavy atom. The molecule has 0 heterocycles. The molecular weight excluding hydrogens is 212 g/mol. The number of benzene rings is 1. The van der Waals surface area contributed by atoms with Gasteiger partial charge in [-0.15, -0.1) is 0 Å². The van der Waals surface area contributed by atoms with E-state index in [2.05, 4.69) is 36.1 Å². The second kappa shape index (κ2) is 8.09. The summed E-state index contributed by atoms with van der Waals surface area (Å²) in [5.74, 6) is 0. The molecule has 0 aliphatic rings. The number of hydrogen-bond donors (Lipinski definition) is 1.